The molecule has 2 aromatic rings. The molecule has 0 saturated carbocycles. The summed E-state index contributed by atoms with van der Waals surface area (Å²) in [5.74, 6) is -0.930. The highest BCUT2D eigenvalue weighted by atomic mass is 32.1. The zero-order valence-electron chi connectivity index (χ0n) is 23.1. The average Bonchev–Trinajstić information content (AvgIpc) is 3.40. The summed E-state index contributed by atoms with van der Waals surface area (Å²) in [4.78, 5) is 46.6. The zero-order chi connectivity index (χ0) is 27.7. The first-order chi connectivity index (χ1) is 17.1. The molecule has 3 rings (SSSR count). The minimum atomic E-state index is -0.833. The van der Waals surface area contributed by atoms with Crippen molar-refractivity contribution in [3.63, 3.8) is 0 Å². The van der Waals surface area contributed by atoms with Gasteiger partial charge < -0.3 is 20.6 Å². The van der Waals surface area contributed by atoms with Crippen molar-refractivity contribution in [2.75, 3.05) is 6.54 Å². The maximum Gasteiger partial charge on any atom is 0.246 e. The van der Waals surface area contributed by atoms with E-state index in [1.165, 1.54) is 4.90 Å². The highest BCUT2D eigenvalue weighted by Crippen LogP contribution is 2.30. The summed E-state index contributed by atoms with van der Waals surface area (Å²) < 4.78 is 0. The first-order valence-corrected chi connectivity index (χ1v) is 13.6. The van der Waals surface area contributed by atoms with E-state index in [1.54, 1.807) is 32.1 Å². The van der Waals surface area contributed by atoms with Crippen molar-refractivity contribution in [3.8, 4) is 10.4 Å². The fraction of sp³-hybridized carbons (Fsp3) is 0.571. The summed E-state index contributed by atoms with van der Waals surface area (Å²) in [7, 11) is 0. The van der Waals surface area contributed by atoms with E-state index in [0.717, 1.165) is 21.7 Å². The zero-order valence-corrected chi connectivity index (χ0v) is 23.9. The summed E-state index contributed by atoms with van der Waals surface area (Å²) >= 11 is 1.59. The number of nitrogens with one attached hydrogen (secondary N) is 2. The van der Waals surface area contributed by atoms with E-state index in [2.05, 4.69) is 15.6 Å². The second kappa shape index (κ2) is 10.9. The fourth-order valence-corrected chi connectivity index (χ4v) is 5.17. The number of aliphatic hydroxyl groups excluding tert-OH is 1. The molecule has 3 amide bonds. The highest BCUT2D eigenvalue weighted by molar-refractivity contribution is 7.13. The van der Waals surface area contributed by atoms with Gasteiger partial charge in [0.25, 0.3) is 0 Å². The molecule has 3 N–H and O–H groups in total. The van der Waals surface area contributed by atoms with Gasteiger partial charge in [0.15, 0.2) is 0 Å². The molecule has 1 fully saturated rings. The number of thiazole rings is 1. The van der Waals surface area contributed by atoms with E-state index in [4.69, 9.17) is 0 Å². The van der Waals surface area contributed by atoms with Crippen molar-refractivity contribution < 1.29 is 19.5 Å². The lowest BCUT2D eigenvalue weighted by atomic mass is 9.84. The minimum Gasteiger partial charge on any atom is -0.391 e. The summed E-state index contributed by atoms with van der Waals surface area (Å²) in [6, 6.07) is 6.03. The summed E-state index contributed by atoms with van der Waals surface area (Å²) in [5, 5.41) is 16.3. The van der Waals surface area contributed by atoms with Gasteiger partial charge in [-0.05, 0) is 30.4 Å². The number of aliphatic hydroxyl groups is 1. The van der Waals surface area contributed by atoms with Crippen molar-refractivity contribution in [1.29, 1.82) is 0 Å². The Bertz CT molecular complexity index is 1130. The predicted molar refractivity (Wildman–Crippen MR) is 146 cm³/mol. The number of rotatable bonds is 6. The smallest absolute Gasteiger partial charge is 0.246 e. The minimum absolute atomic E-state index is 0.0478. The number of benzene rings is 1. The van der Waals surface area contributed by atoms with Crippen LogP contribution >= 0.6 is 11.3 Å². The summed E-state index contributed by atoms with van der Waals surface area (Å²) in [5.41, 5.74) is 3.55. The Hall–Kier alpha value is -2.78. The summed E-state index contributed by atoms with van der Waals surface area (Å²) in [6.07, 6.45) is -0.659. The molecule has 37 heavy (non-hydrogen) atoms. The van der Waals surface area contributed by atoms with E-state index in [-0.39, 0.29) is 36.7 Å². The van der Waals surface area contributed by atoms with Crippen LogP contribution in [0.4, 0.5) is 0 Å². The molecular formula is C28H40N4O4S. The largest absolute Gasteiger partial charge is 0.391 e. The Kier molecular flexibility index (Phi) is 8.49. The molecular weight excluding hydrogens is 488 g/mol. The fourth-order valence-electron chi connectivity index (χ4n) is 4.36. The highest BCUT2D eigenvalue weighted by Gasteiger charge is 2.45. The van der Waals surface area contributed by atoms with Crippen LogP contribution in [-0.2, 0) is 14.4 Å². The Morgan fingerprint density at radius 2 is 1.70 bits per heavy atom. The van der Waals surface area contributed by atoms with E-state index >= 15 is 0 Å². The molecule has 1 saturated heterocycles. The Morgan fingerprint density at radius 3 is 2.22 bits per heavy atom. The van der Waals surface area contributed by atoms with Crippen LogP contribution < -0.4 is 10.6 Å². The van der Waals surface area contributed by atoms with E-state index in [1.807, 2.05) is 64.4 Å². The monoisotopic (exact) mass is 528 g/mol. The van der Waals surface area contributed by atoms with Crippen molar-refractivity contribution in [2.24, 2.45) is 10.8 Å². The third kappa shape index (κ3) is 6.76. The van der Waals surface area contributed by atoms with Gasteiger partial charge in [-0.1, -0.05) is 65.8 Å². The maximum atomic E-state index is 13.7. The molecule has 4 unspecified atom stereocenters. The van der Waals surface area contributed by atoms with Crippen molar-refractivity contribution >= 4 is 29.1 Å². The lowest BCUT2D eigenvalue weighted by molar-refractivity contribution is -0.145. The maximum absolute atomic E-state index is 13.7. The van der Waals surface area contributed by atoms with E-state index in [9.17, 15) is 19.5 Å². The molecule has 1 aliphatic heterocycles. The number of amides is 3. The lowest BCUT2D eigenvalue weighted by Crippen LogP contribution is -2.59. The molecule has 2 heterocycles. The van der Waals surface area contributed by atoms with Gasteiger partial charge in [-0.2, -0.15) is 0 Å². The third-order valence-corrected chi connectivity index (χ3v) is 7.69. The van der Waals surface area contributed by atoms with Crippen molar-refractivity contribution in [1.82, 2.24) is 20.5 Å². The van der Waals surface area contributed by atoms with Gasteiger partial charge in [-0.3, -0.25) is 14.4 Å². The normalized spacial score (nSPS) is 19.9. The molecule has 0 aliphatic carbocycles. The number of carbonyl (C=O) groups excluding carboxylic acids is 3. The molecule has 9 heteroatoms. The van der Waals surface area contributed by atoms with Crippen molar-refractivity contribution in [3.05, 3.63) is 41.0 Å². The Morgan fingerprint density at radius 1 is 1.08 bits per heavy atom. The molecule has 1 aromatic carbocycles. The predicted octanol–water partition coefficient (Wildman–Crippen LogP) is 3.83. The van der Waals surface area contributed by atoms with Gasteiger partial charge in [-0.25, -0.2) is 4.98 Å². The Labute approximate surface area is 223 Å². The number of likely N-dealkylation sites (tertiary alicyclic amines) is 1. The van der Waals surface area contributed by atoms with Gasteiger partial charge in [-0.15, -0.1) is 11.3 Å². The van der Waals surface area contributed by atoms with Crippen LogP contribution in [0, 0.1) is 17.8 Å². The number of aryl methyl sites for hydroxylation is 1. The van der Waals surface area contributed by atoms with Crippen LogP contribution in [0.2, 0.25) is 0 Å². The number of aromatic nitrogens is 1. The van der Waals surface area contributed by atoms with Gasteiger partial charge in [0, 0.05) is 18.4 Å². The number of hydrogen-bond donors (Lipinski definition) is 3. The lowest BCUT2D eigenvalue weighted by Gasteiger charge is -2.36. The third-order valence-electron chi connectivity index (χ3n) is 6.71. The standard InChI is InChI=1S/C28H40N4O4S/c1-16(18-9-11-19(12-10-18)22-17(2)29-15-37-22)30-24(34)21-13-20(33)14-32(21)25(35)23(27(3,4)5)31-26(36)28(6,7)8/h9-12,15-16,20-21,23,33H,13-14H2,1-8H3,(H,30,34)(H,31,36). The molecule has 1 aliphatic rings. The van der Waals surface area contributed by atoms with Crippen LogP contribution in [0.5, 0.6) is 0 Å². The first-order valence-electron chi connectivity index (χ1n) is 12.7. The number of carbonyl (C=O) groups is 3. The second-order valence-corrected chi connectivity index (χ2v) is 12.9. The first kappa shape index (κ1) is 28.8. The second-order valence-electron chi connectivity index (χ2n) is 12.0. The quantitative estimate of drug-likeness (QED) is 0.528. The van der Waals surface area contributed by atoms with Crippen LogP contribution in [0.25, 0.3) is 10.4 Å². The Balaban J connectivity index is 1.74. The van der Waals surface area contributed by atoms with Gasteiger partial charge >= 0.3 is 0 Å². The van der Waals surface area contributed by atoms with Gasteiger partial charge in [0.1, 0.15) is 12.1 Å². The summed E-state index contributed by atoms with van der Waals surface area (Å²) in [6.45, 7) is 14.9. The van der Waals surface area contributed by atoms with Crippen LogP contribution in [0.15, 0.2) is 29.8 Å². The van der Waals surface area contributed by atoms with Gasteiger partial charge in [0.05, 0.1) is 28.2 Å². The van der Waals surface area contributed by atoms with E-state index < -0.39 is 29.0 Å². The molecule has 0 radical (unpaired) electrons. The molecule has 0 bridgehead atoms. The number of hydrogen-bond acceptors (Lipinski definition) is 6. The molecule has 8 nitrogen and oxygen atoms in total. The van der Waals surface area contributed by atoms with Crippen LogP contribution in [0.1, 0.15) is 72.2 Å². The molecule has 1 aromatic heterocycles. The van der Waals surface area contributed by atoms with Crippen LogP contribution in [-0.4, -0.2) is 57.4 Å². The average molecular weight is 529 g/mol. The van der Waals surface area contributed by atoms with Crippen LogP contribution in [0.3, 0.4) is 0 Å². The molecule has 4 atom stereocenters. The van der Waals surface area contributed by atoms with E-state index in [0.29, 0.717) is 0 Å². The molecule has 202 valence electrons. The number of nitrogens with zero attached hydrogens (tertiary/aromatic N) is 2. The SMILES string of the molecule is Cc1ncsc1-c1ccc(C(C)NC(=O)C2CC(O)CN2C(=O)C(NC(=O)C(C)(C)C)C(C)(C)C)cc1. The molecule has 0 spiro atoms. The van der Waals surface area contributed by atoms with Gasteiger partial charge in [0.2, 0.25) is 17.7 Å². The number of β-amino-alcohol motifs (C(OH)–C–C–N with tert-alkyl or cyclic N) is 1. The topological polar surface area (TPSA) is 112 Å². The van der Waals surface area contributed by atoms with Crippen molar-refractivity contribution in [2.45, 2.75) is 86.0 Å².